The second-order valence-electron chi connectivity index (χ2n) is 3.29. The van der Waals surface area contributed by atoms with Crippen LogP contribution in [0.25, 0.3) is 11.1 Å². The van der Waals surface area contributed by atoms with Crippen molar-refractivity contribution in [2.24, 2.45) is 7.05 Å². The van der Waals surface area contributed by atoms with Crippen LogP contribution in [0.15, 0.2) is 25.8 Å². The zero-order valence-electron chi connectivity index (χ0n) is 8.20. The lowest BCUT2D eigenvalue weighted by molar-refractivity contribution is 0.101. The maximum atomic E-state index is 11.3. The molecule has 0 amide bonds. The number of halogens is 1. The average Bonchev–Trinajstić information content (AvgIpc) is 2.45. The van der Waals surface area contributed by atoms with Crippen LogP contribution in [0.3, 0.4) is 0 Å². The van der Waals surface area contributed by atoms with Crippen molar-refractivity contribution in [3.8, 4) is 0 Å². The highest BCUT2D eigenvalue weighted by atomic mass is 79.9. The van der Waals surface area contributed by atoms with E-state index < -0.39 is 5.76 Å². The summed E-state index contributed by atoms with van der Waals surface area (Å²) in [6, 6.07) is 3.29. The van der Waals surface area contributed by atoms with Gasteiger partial charge in [0, 0.05) is 12.6 Å². The normalized spacial score (nSPS) is 10.9. The van der Waals surface area contributed by atoms with Crippen molar-refractivity contribution in [3.63, 3.8) is 0 Å². The van der Waals surface area contributed by atoms with E-state index in [2.05, 4.69) is 15.9 Å². The third-order valence-electron chi connectivity index (χ3n) is 2.26. The molecule has 0 N–H and O–H groups in total. The second kappa shape index (κ2) is 3.34. The number of fused-ring (bicyclic) bond motifs is 1. The van der Waals surface area contributed by atoms with Gasteiger partial charge in [-0.1, -0.05) is 0 Å². The number of benzene rings is 1. The molecule has 4 nitrogen and oxygen atoms in total. The Labute approximate surface area is 93.6 Å². The summed E-state index contributed by atoms with van der Waals surface area (Å²) >= 11 is 3.27. The molecule has 5 heteroatoms. The Morgan fingerprint density at radius 3 is 2.73 bits per heavy atom. The number of ketones is 1. The van der Waals surface area contributed by atoms with Gasteiger partial charge in [-0.25, -0.2) is 4.79 Å². The van der Waals surface area contributed by atoms with Crippen LogP contribution in [0.4, 0.5) is 0 Å². The topological polar surface area (TPSA) is 52.2 Å². The number of oxazole rings is 1. The molecule has 0 bridgehead atoms. The number of Topliss-reactive ketones (excluding diaryl/α,β-unsaturated/α-hetero) is 1. The highest BCUT2D eigenvalue weighted by Gasteiger charge is 2.12. The fourth-order valence-corrected chi connectivity index (χ4v) is 1.92. The van der Waals surface area contributed by atoms with Gasteiger partial charge >= 0.3 is 5.76 Å². The molecule has 2 rings (SSSR count). The SMILES string of the molecule is CC(=O)c1cc(Br)c2oc(=O)n(C)c2c1. The molecule has 2 aromatic rings. The van der Waals surface area contributed by atoms with Gasteiger partial charge in [0.05, 0.1) is 9.99 Å². The Bertz CT molecular complexity index is 609. The Morgan fingerprint density at radius 1 is 1.47 bits per heavy atom. The summed E-state index contributed by atoms with van der Waals surface area (Å²) in [6.45, 7) is 1.48. The smallest absolute Gasteiger partial charge is 0.406 e. The summed E-state index contributed by atoms with van der Waals surface area (Å²) in [5, 5.41) is 0. The number of nitrogens with zero attached hydrogens (tertiary/aromatic N) is 1. The zero-order chi connectivity index (χ0) is 11.2. The molecule has 1 aromatic carbocycles. The van der Waals surface area contributed by atoms with Crippen molar-refractivity contribution < 1.29 is 9.21 Å². The van der Waals surface area contributed by atoms with Crippen molar-refractivity contribution in [1.29, 1.82) is 0 Å². The lowest BCUT2D eigenvalue weighted by atomic mass is 10.1. The van der Waals surface area contributed by atoms with Gasteiger partial charge in [0.25, 0.3) is 0 Å². The molecule has 0 unspecified atom stereocenters. The lowest BCUT2D eigenvalue weighted by Gasteiger charge is -1.98. The third-order valence-corrected chi connectivity index (χ3v) is 2.84. The number of hydrogen-bond acceptors (Lipinski definition) is 3. The number of hydrogen-bond donors (Lipinski definition) is 0. The first-order valence-corrected chi connectivity index (χ1v) is 5.10. The summed E-state index contributed by atoms with van der Waals surface area (Å²) in [7, 11) is 1.60. The van der Waals surface area contributed by atoms with E-state index in [-0.39, 0.29) is 5.78 Å². The highest BCUT2D eigenvalue weighted by molar-refractivity contribution is 9.10. The summed E-state index contributed by atoms with van der Waals surface area (Å²) in [4.78, 5) is 22.5. The number of carbonyl (C=O) groups is 1. The van der Waals surface area contributed by atoms with Gasteiger partial charge in [-0.3, -0.25) is 9.36 Å². The third kappa shape index (κ3) is 1.52. The first kappa shape index (κ1) is 10.2. The van der Waals surface area contributed by atoms with Crippen LogP contribution in [0.5, 0.6) is 0 Å². The van der Waals surface area contributed by atoms with E-state index in [4.69, 9.17) is 4.42 Å². The van der Waals surface area contributed by atoms with Crippen LogP contribution in [0.1, 0.15) is 17.3 Å². The fraction of sp³-hybridized carbons (Fsp3) is 0.200. The standard InChI is InChI=1S/C10H8BrNO3/c1-5(13)6-3-7(11)9-8(4-6)12(2)10(14)15-9/h3-4H,1-2H3. The van der Waals surface area contributed by atoms with Crippen LogP contribution in [-0.4, -0.2) is 10.4 Å². The predicted molar refractivity (Wildman–Crippen MR) is 59.2 cm³/mol. The summed E-state index contributed by atoms with van der Waals surface area (Å²) in [6.07, 6.45) is 0. The molecule has 0 radical (unpaired) electrons. The van der Waals surface area contributed by atoms with Gasteiger partial charge in [-0.2, -0.15) is 0 Å². The summed E-state index contributed by atoms with van der Waals surface area (Å²) in [5.41, 5.74) is 1.62. The number of aryl methyl sites for hydroxylation is 1. The molecule has 0 aliphatic rings. The minimum atomic E-state index is -0.439. The second-order valence-corrected chi connectivity index (χ2v) is 4.14. The van der Waals surface area contributed by atoms with Crippen LogP contribution in [0.2, 0.25) is 0 Å². The van der Waals surface area contributed by atoms with Gasteiger partial charge < -0.3 is 4.42 Å². The monoisotopic (exact) mass is 269 g/mol. The summed E-state index contributed by atoms with van der Waals surface area (Å²) in [5.74, 6) is -0.488. The van der Waals surface area contributed by atoms with Gasteiger partial charge in [-0.05, 0) is 35.0 Å². The van der Waals surface area contributed by atoms with Gasteiger partial charge in [0.2, 0.25) is 0 Å². The van der Waals surface area contributed by atoms with Crippen LogP contribution < -0.4 is 5.76 Å². The molecule has 0 fully saturated rings. The van der Waals surface area contributed by atoms with Crippen molar-refractivity contribution in [2.75, 3.05) is 0 Å². The molecular formula is C10H8BrNO3. The predicted octanol–water partition coefficient (Wildman–Crippen LogP) is 2.10. The minimum absolute atomic E-state index is 0.0498. The maximum absolute atomic E-state index is 11.3. The van der Waals surface area contributed by atoms with Gasteiger partial charge in [0.15, 0.2) is 11.4 Å². The molecule has 1 heterocycles. The molecule has 15 heavy (non-hydrogen) atoms. The van der Waals surface area contributed by atoms with Crippen molar-refractivity contribution >= 4 is 32.8 Å². The Kier molecular flexibility index (Phi) is 2.26. The highest BCUT2D eigenvalue weighted by Crippen LogP contribution is 2.24. The molecular weight excluding hydrogens is 262 g/mol. The number of aromatic nitrogens is 1. The largest absolute Gasteiger partial charge is 0.419 e. The van der Waals surface area contributed by atoms with Crippen LogP contribution in [0, 0.1) is 0 Å². The Hall–Kier alpha value is -1.36. The Morgan fingerprint density at radius 2 is 2.13 bits per heavy atom. The molecule has 0 atom stereocenters. The lowest BCUT2D eigenvalue weighted by Crippen LogP contribution is -2.08. The molecule has 1 aromatic heterocycles. The number of carbonyl (C=O) groups excluding carboxylic acids is 1. The summed E-state index contributed by atoms with van der Waals surface area (Å²) < 4.78 is 6.99. The van der Waals surface area contributed by atoms with Crippen LogP contribution in [-0.2, 0) is 7.05 Å². The molecule has 78 valence electrons. The number of rotatable bonds is 1. The molecule has 0 spiro atoms. The minimum Gasteiger partial charge on any atom is -0.406 e. The van der Waals surface area contributed by atoms with Crippen molar-refractivity contribution in [3.05, 3.63) is 32.7 Å². The molecule has 0 aliphatic heterocycles. The first-order valence-electron chi connectivity index (χ1n) is 4.30. The quantitative estimate of drug-likeness (QED) is 0.745. The zero-order valence-corrected chi connectivity index (χ0v) is 9.79. The maximum Gasteiger partial charge on any atom is 0.419 e. The molecule has 0 saturated heterocycles. The Balaban J connectivity index is 2.91. The van der Waals surface area contributed by atoms with Gasteiger partial charge in [-0.15, -0.1) is 0 Å². The van der Waals surface area contributed by atoms with E-state index in [1.54, 1.807) is 19.2 Å². The average molecular weight is 270 g/mol. The fourth-order valence-electron chi connectivity index (χ4n) is 1.39. The van der Waals surface area contributed by atoms with E-state index in [9.17, 15) is 9.59 Å². The van der Waals surface area contributed by atoms with Crippen molar-refractivity contribution in [1.82, 2.24) is 4.57 Å². The van der Waals surface area contributed by atoms with Crippen molar-refractivity contribution in [2.45, 2.75) is 6.92 Å². The van der Waals surface area contributed by atoms with E-state index in [1.165, 1.54) is 11.5 Å². The van der Waals surface area contributed by atoms with E-state index in [0.29, 0.717) is 21.1 Å². The van der Waals surface area contributed by atoms with E-state index in [1.807, 2.05) is 0 Å². The molecule has 0 aliphatic carbocycles. The van der Waals surface area contributed by atoms with Gasteiger partial charge in [0.1, 0.15) is 0 Å². The van der Waals surface area contributed by atoms with E-state index >= 15 is 0 Å². The van der Waals surface area contributed by atoms with Crippen LogP contribution >= 0.6 is 15.9 Å². The first-order chi connectivity index (χ1) is 7.00. The van der Waals surface area contributed by atoms with E-state index in [0.717, 1.165) is 0 Å². The molecule has 0 saturated carbocycles.